The molecule has 0 radical (unpaired) electrons. The van der Waals surface area contributed by atoms with Gasteiger partial charge in [0.05, 0.1) is 5.02 Å². The van der Waals surface area contributed by atoms with Gasteiger partial charge in [-0.25, -0.2) is 0 Å². The summed E-state index contributed by atoms with van der Waals surface area (Å²) in [5.41, 5.74) is 0.659. The lowest BCUT2D eigenvalue weighted by atomic mass is 10.0. The molecule has 0 spiro atoms. The molecule has 5 heteroatoms. The van der Waals surface area contributed by atoms with Crippen LogP contribution in [0.15, 0.2) is 12.1 Å². The molecular weight excluding hydrogens is 226 g/mol. The summed E-state index contributed by atoms with van der Waals surface area (Å²) >= 11 is 5.74. The second-order valence-electron chi connectivity index (χ2n) is 3.62. The number of ether oxygens (including phenoxy) is 2. The zero-order chi connectivity index (χ0) is 11.2. The third-order valence-electron chi connectivity index (χ3n) is 2.16. The van der Waals surface area contributed by atoms with E-state index in [9.17, 15) is 8.78 Å². The molecule has 0 N–H and O–H groups in total. The minimum absolute atomic E-state index is 0.0440. The summed E-state index contributed by atoms with van der Waals surface area (Å²) in [6.45, 7) is 3.76. The molecule has 0 amide bonds. The zero-order valence-corrected chi connectivity index (χ0v) is 8.94. The monoisotopic (exact) mass is 234 g/mol. The summed E-state index contributed by atoms with van der Waals surface area (Å²) < 4.78 is 34.5. The molecule has 0 fully saturated rings. The largest absolute Gasteiger partial charge is 0.586 e. The number of fused-ring (bicyclic) bond motifs is 1. The van der Waals surface area contributed by atoms with E-state index in [1.54, 1.807) is 6.07 Å². The van der Waals surface area contributed by atoms with E-state index in [-0.39, 0.29) is 22.4 Å². The Morgan fingerprint density at radius 1 is 1.20 bits per heavy atom. The van der Waals surface area contributed by atoms with Crippen molar-refractivity contribution < 1.29 is 18.3 Å². The van der Waals surface area contributed by atoms with Crippen molar-refractivity contribution in [1.29, 1.82) is 0 Å². The zero-order valence-electron chi connectivity index (χ0n) is 8.18. The summed E-state index contributed by atoms with van der Waals surface area (Å²) in [7, 11) is 0. The van der Waals surface area contributed by atoms with Crippen LogP contribution in [0, 0.1) is 0 Å². The fourth-order valence-electron chi connectivity index (χ4n) is 1.47. The lowest BCUT2D eigenvalue weighted by Crippen LogP contribution is -2.26. The van der Waals surface area contributed by atoms with Gasteiger partial charge in [0, 0.05) is 5.56 Å². The Morgan fingerprint density at radius 2 is 1.80 bits per heavy atom. The van der Waals surface area contributed by atoms with Crippen molar-refractivity contribution in [3.63, 3.8) is 0 Å². The molecule has 2 rings (SSSR count). The van der Waals surface area contributed by atoms with Crippen molar-refractivity contribution in [2.45, 2.75) is 26.1 Å². The SMILES string of the molecule is CC(C)c1ccc(Cl)c2c1OC(F)(F)O2. The smallest absolute Gasteiger partial charge is 0.395 e. The molecular formula is C10H9ClF2O2. The van der Waals surface area contributed by atoms with E-state index >= 15 is 0 Å². The van der Waals surface area contributed by atoms with Gasteiger partial charge in [-0.3, -0.25) is 0 Å². The first-order chi connectivity index (χ1) is 6.91. The Balaban J connectivity index is 2.55. The maximum atomic E-state index is 12.9. The molecule has 1 aromatic rings. The van der Waals surface area contributed by atoms with Crippen LogP contribution in [0.25, 0.3) is 0 Å². The van der Waals surface area contributed by atoms with Crippen LogP contribution in [0.2, 0.25) is 5.02 Å². The molecule has 0 atom stereocenters. The molecule has 0 bridgehead atoms. The first kappa shape index (κ1) is 10.5. The van der Waals surface area contributed by atoms with Crippen LogP contribution >= 0.6 is 11.6 Å². The fraction of sp³-hybridized carbons (Fsp3) is 0.400. The van der Waals surface area contributed by atoms with Gasteiger partial charge in [0.15, 0.2) is 11.5 Å². The van der Waals surface area contributed by atoms with Gasteiger partial charge >= 0.3 is 6.29 Å². The number of hydrogen-bond acceptors (Lipinski definition) is 2. The van der Waals surface area contributed by atoms with E-state index in [2.05, 4.69) is 9.47 Å². The second-order valence-corrected chi connectivity index (χ2v) is 4.02. The number of rotatable bonds is 1. The standard InChI is InChI=1S/C10H9ClF2O2/c1-5(2)6-3-4-7(11)9-8(6)14-10(12,13)15-9/h3-5H,1-2H3. The topological polar surface area (TPSA) is 18.5 Å². The highest BCUT2D eigenvalue weighted by Crippen LogP contribution is 2.49. The normalized spacial score (nSPS) is 17.2. The third-order valence-corrected chi connectivity index (χ3v) is 2.46. The number of halogens is 3. The summed E-state index contributed by atoms with van der Waals surface area (Å²) in [6, 6.07) is 3.19. The molecule has 2 nitrogen and oxygen atoms in total. The maximum Gasteiger partial charge on any atom is 0.586 e. The lowest BCUT2D eigenvalue weighted by molar-refractivity contribution is -0.286. The second kappa shape index (κ2) is 3.23. The van der Waals surface area contributed by atoms with Gasteiger partial charge < -0.3 is 9.47 Å². The average molecular weight is 235 g/mol. The van der Waals surface area contributed by atoms with Crippen molar-refractivity contribution >= 4 is 11.6 Å². The Morgan fingerprint density at radius 3 is 2.40 bits per heavy atom. The first-order valence-electron chi connectivity index (χ1n) is 4.49. The molecule has 1 aliphatic heterocycles. The Kier molecular flexibility index (Phi) is 2.26. The average Bonchev–Trinajstić information content (AvgIpc) is 2.41. The van der Waals surface area contributed by atoms with Gasteiger partial charge in [-0.1, -0.05) is 31.5 Å². The van der Waals surface area contributed by atoms with E-state index in [0.717, 1.165) is 0 Å². The summed E-state index contributed by atoms with van der Waals surface area (Å²) in [5, 5.41) is 0.131. The molecule has 15 heavy (non-hydrogen) atoms. The van der Waals surface area contributed by atoms with Crippen LogP contribution in [0.4, 0.5) is 8.78 Å². The summed E-state index contributed by atoms with van der Waals surface area (Å²) in [5.74, 6) is 0.0314. The van der Waals surface area contributed by atoms with E-state index in [1.807, 2.05) is 13.8 Å². The number of alkyl halides is 2. The van der Waals surface area contributed by atoms with Crippen molar-refractivity contribution in [2.75, 3.05) is 0 Å². The maximum absolute atomic E-state index is 12.9. The van der Waals surface area contributed by atoms with Gasteiger partial charge in [0.2, 0.25) is 0 Å². The van der Waals surface area contributed by atoms with Crippen LogP contribution in [-0.2, 0) is 0 Å². The molecule has 1 heterocycles. The summed E-state index contributed by atoms with van der Waals surface area (Å²) in [6.07, 6.45) is -3.61. The molecule has 0 saturated heterocycles. The van der Waals surface area contributed by atoms with Crippen LogP contribution in [0.3, 0.4) is 0 Å². The highest BCUT2D eigenvalue weighted by molar-refractivity contribution is 6.32. The van der Waals surface area contributed by atoms with Gasteiger partial charge in [0.25, 0.3) is 0 Å². The van der Waals surface area contributed by atoms with Gasteiger partial charge in [0.1, 0.15) is 0 Å². The third kappa shape index (κ3) is 1.74. The lowest BCUT2D eigenvalue weighted by Gasteiger charge is -2.09. The van der Waals surface area contributed by atoms with Crippen molar-refractivity contribution in [3.05, 3.63) is 22.7 Å². The van der Waals surface area contributed by atoms with Crippen LogP contribution < -0.4 is 9.47 Å². The van der Waals surface area contributed by atoms with E-state index in [0.29, 0.717) is 5.56 Å². The van der Waals surface area contributed by atoms with Crippen molar-refractivity contribution in [2.24, 2.45) is 0 Å². The van der Waals surface area contributed by atoms with E-state index in [1.165, 1.54) is 6.07 Å². The molecule has 0 saturated carbocycles. The van der Waals surface area contributed by atoms with Crippen molar-refractivity contribution in [1.82, 2.24) is 0 Å². The molecule has 0 aromatic heterocycles. The predicted molar refractivity (Wildman–Crippen MR) is 51.7 cm³/mol. The Labute approximate surface area is 90.7 Å². The van der Waals surface area contributed by atoms with Gasteiger partial charge in [-0.15, -0.1) is 8.78 Å². The number of hydrogen-bond donors (Lipinski definition) is 0. The van der Waals surface area contributed by atoms with E-state index in [4.69, 9.17) is 11.6 Å². The number of benzene rings is 1. The summed E-state index contributed by atoms with van der Waals surface area (Å²) in [4.78, 5) is 0. The van der Waals surface area contributed by atoms with Crippen LogP contribution in [0.5, 0.6) is 11.5 Å². The predicted octanol–water partition coefficient (Wildman–Crippen LogP) is 3.78. The van der Waals surface area contributed by atoms with E-state index < -0.39 is 6.29 Å². The van der Waals surface area contributed by atoms with Gasteiger partial charge in [-0.2, -0.15) is 0 Å². The van der Waals surface area contributed by atoms with Crippen molar-refractivity contribution in [3.8, 4) is 11.5 Å². The first-order valence-corrected chi connectivity index (χ1v) is 4.87. The molecule has 1 aliphatic rings. The Bertz CT molecular complexity index is 405. The molecule has 0 aliphatic carbocycles. The Hall–Kier alpha value is -1.03. The van der Waals surface area contributed by atoms with Gasteiger partial charge in [-0.05, 0) is 12.0 Å². The molecule has 82 valence electrons. The fourth-order valence-corrected chi connectivity index (χ4v) is 1.65. The van der Waals surface area contributed by atoms with Crippen LogP contribution in [0.1, 0.15) is 25.3 Å². The highest BCUT2D eigenvalue weighted by Gasteiger charge is 2.45. The minimum atomic E-state index is -3.61. The quantitative estimate of drug-likeness (QED) is 0.736. The minimum Gasteiger partial charge on any atom is -0.395 e. The molecule has 0 unspecified atom stereocenters. The molecule has 1 aromatic carbocycles. The van der Waals surface area contributed by atoms with Crippen LogP contribution in [-0.4, -0.2) is 6.29 Å². The highest BCUT2D eigenvalue weighted by atomic mass is 35.5.